The molecule has 3 rings (SSSR count). The van der Waals surface area contributed by atoms with Gasteiger partial charge in [-0.2, -0.15) is 19.6 Å². The molecule has 1 aliphatic rings. The molecule has 20 heavy (non-hydrogen) atoms. The van der Waals surface area contributed by atoms with Crippen LogP contribution in [0.1, 0.15) is 23.7 Å². The first-order chi connectivity index (χ1) is 9.75. The van der Waals surface area contributed by atoms with Crippen molar-refractivity contribution in [3.8, 4) is 0 Å². The molecule has 1 fully saturated rings. The summed E-state index contributed by atoms with van der Waals surface area (Å²) in [5.41, 5.74) is 1.23. The van der Waals surface area contributed by atoms with Crippen LogP contribution >= 0.6 is 23.2 Å². The molecule has 4 nitrogen and oxygen atoms in total. The quantitative estimate of drug-likeness (QED) is 0.759. The zero-order valence-corrected chi connectivity index (χ0v) is 11.7. The fourth-order valence-corrected chi connectivity index (χ4v) is 2.22. The third-order valence-corrected chi connectivity index (χ3v) is 3.47. The molecule has 0 bridgehead atoms. The average Bonchev–Trinajstić information content (AvgIpc) is 2.49. The molecular formula is C14H10Cl2O4. The molecule has 0 atom stereocenters. The van der Waals surface area contributed by atoms with E-state index in [2.05, 4.69) is 0 Å². The smallest absolute Gasteiger partial charge is 0.193 e. The molecule has 0 spiro atoms. The number of halogens is 2. The summed E-state index contributed by atoms with van der Waals surface area (Å²) in [5, 5.41) is 1.00. The van der Waals surface area contributed by atoms with E-state index in [9.17, 15) is 0 Å². The van der Waals surface area contributed by atoms with E-state index in [4.69, 9.17) is 42.8 Å². The van der Waals surface area contributed by atoms with Crippen molar-refractivity contribution in [3.63, 3.8) is 0 Å². The van der Waals surface area contributed by atoms with Crippen LogP contribution in [-0.2, 0) is 19.6 Å². The van der Waals surface area contributed by atoms with Gasteiger partial charge in [0.25, 0.3) is 12.6 Å². The van der Waals surface area contributed by atoms with Gasteiger partial charge >= 0.3 is 0 Å². The van der Waals surface area contributed by atoms with Crippen molar-refractivity contribution in [1.29, 1.82) is 0 Å². The average molecular weight is 313 g/mol. The third kappa shape index (κ3) is 2.81. The Balaban J connectivity index is 1.72. The van der Waals surface area contributed by atoms with Crippen molar-refractivity contribution in [1.82, 2.24) is 0 Å². The van der Waals surface area contributed by atoms with Gasteiger partial charge < -0.3 is 0 Å². The fourth-order valence-electron chi connectivity index (χ4n) is 1.77. The summed E-state index contributed by atoms with van der Waals surface area (Å²) >= 11 is 12.1. The second kappa shape index (κ2) is 6.10. The van der Waals surface area contributed by atoms with E-state index >= 15 is 0 Å². The molecule has 2 aromatic rings. The Morgan fingerprint density at radius 1 is 0.600 bits per heavy atom. The molecule has 0 N–H and O–H groups in total. The Morgan fingerprint density at radius 3 is 1.30 bits per heavy atom. The highest BCUT2D eigenvalue weighted by atomic mass is 35.5. The van der Waals surface area contributed by atoms with Crippen LogP contribution in [0, 0.1) is 0 Å². The molecule has 2 aromatic carbocycles. The predicted octanol–water partition coefficient (Wildman–Crippen LogP) is 4.60. The fraction of sp³-hybridized carbons (Fsp3) is 0.143. The highest BCUT2D eigenvalue weighted by molar-refractivity contribution is 6.31. The molecular weight excluding hydrogens is 303 g/mol. The Hall–Kier alpha value is -1.14. The van der Waals surface area contributed by atoms with Crippen molar-refractivity contribution in [2.24, 2.45) is 0 Å². The SMILES string of the molecule is Clc1ccccc1C1OOC(c2ccccc2Cl)OO1. The van der Waals surface area contributed by atoms with Crippen LogP contribution in [0.2, 0.25) is 10.0 Å². The van der Waals surface area contributed by atoms with Crippen LogP contribution in [0.15, 0.2) is 48.5 Å². The molecule has 0 amide bonds. The zero-order chi connectivity index (χ0) is 13.9. The molecule has 0 unspecified atom stereocenters. The number of rotatable bonds is 2. The van der Waals surface area contributed by atoms with Gasteiger partial charge in [0, 0.05) is 21.2 Å². The van der Waals surface area contributed by atoms with E-state index < -0.39 is 12.6 Å². The number of hydrogen-bond acceptors (Lipinski definition) is 4. The van der Waals surface area contributed by atoms with Crippen molar-refractivity contribution >= 4 is 23.2 Å². The molecule has 0 aromatic heterocycles. The molecule has 6 heteroatoms. The summed E-state index contributed by atoms with van der Waals surface area (Å²) in [6, 6.07) is 14.2. The van der Waals surface area contributed by atoms with Gasteiger partial charge in [-0.05, 0) is 12.1 Å². The molecule has 1 aliphatic heterocycles. The largest absolute Gasteiger partial charge is 0.251 e. The van der Waals surface area contributed by atoms with Gasteiger partial charge in [-0.25, -0.2) is 0 Å². The van der Waals surface area contributed by atoms with Gasteiger partial charge in [0.2, 0.25) is 0 Å². The van der Waals surface area contributed by atoms with E-state index in [1.165, 1.54) is 0 Å². The van der Waals surface area contributed by atoms with Gasteiger partial charge in [0.05, 0.1) is 0 Å². The first-order valence-corrected chi connectivity index (χ1v) is 6.64. The van der Waals surface area contributed by atoms with Crippen LogP contribution in [0.3, 0.4) is 0 Å². The predicted molar refractivity (Wildman–Crippen MR) is 72.7 cm³/mol. The van der Waals surface area contributed by atoms with Crippen molar-refractivity contribution in [3.05, 3.63) is 69.7 Å². The molecule has 1 saturated heterocycles. The van der Waals surface area contributed by atoms with Gasteiger partial charge in [-0.1, -0.05) is 59.6 Å². The maximum Gasteiger partial charge on any atom is 0.251 e. The first kappa shape index (κ1) is 13.8. The lowest BCUT2D eigenvalue weighted by Crippen LogP contribution is -2.22. The Labute approximate surface area is 125 Å². The van der Waals surface area contributed by atoms with Crippen LogP contribution < -0.4 is 0 Å². The van der Waals surface area contributed by atoms with Crippen LogP contribution in [0.25, 0.3) is 0 Å². The van der Waals surface area contributed by atoms with E-state index in [1.54, 1.807) is 24.3 Å². The minimum absolute atomic E-state index is 0.501. The van der Waals surface area contributed by atoms with Crippen molar-refractivity contribution in [2.75, 3.05) is 0 Å². The van der Waals surface area contributed by atoms with Gasteiger partial charge in [0.15, 0.2) is 0 Å². The second-order valence-corrected chi connectivity index (χ2v) is 4.91. The Morgan fingerprint density at radius 2 is 0.950 bits per heavy atom. The van der Waals surface area contributed by atoms with Crippen molar-refractivity contribution in [2.45, 2.75) is 12.6 Å². The minimum atomic E-state index is -0.845. The summed E-state index contributed by atoms with van der Waals surface area (Å²) in [6.45, 7) is 0. The van der Waals surface area contributed by atoms with E-state index in [-0.39, 0.29) is 0 Å². The van der Waals surface area contributed by atoms with Crippen LogP contribution in [0.4, 0.5) is 0 Å². The lowest BCUT2D eigenvalue weighted by molar-refractivity contribution is -0.600. The molecule has 0 aliphatic carbocycles. The highest BCUT2D eigenvalue weighted by Crippen LogP contribution is 2.36. The minimum Gasteiger partial charge on any atom is -0.193 e. The van der Waals surface area contributed by atoms with E-state index in [0.717, 1.165) is 0 Å². The molecule has 1 heterocycles. The topological polar surface area (TPSA) is 36.9 Å². The molecule has 0 saturated carbocycles. The summed E-state index contributed by atoms with van der Waals surface area (Å²) in [6.07, 6.45) is -1.69. The van der Waals surface area contributed by atoms with E-state index in [0.29, 0.717) is 21.2 Å². The summed E-state index contributed by atoms with van der Waals surface area (Å²) in [5.74, 6) is 0. The van der Waals surface area contributed by atoms with E-state index in [1.807, 2.05) is 24.3 Å². The van der Waals surface area contributed by atoms with Gasteiger partial charge in [0.1, 0.15) is 0 Å². The van der Waals surface area contributed by atoms with Gasteiger partial charge in [-0.15, -0.1) is 0 Å². The monoisotopic (exact) mass is 312 g/mol. The van der Waals surface area contributed by atoms with Gasteiger partial charge in [-0.3, -0.25) is 0 Å². The number of benzene rings is 2. The Kier molecular flexibility index (Phi) is 4.21. The second-order valence-electron chi connectivity index (χ2n) is 4.09. The molecule has 0 radical (unpaired) electrons. The zero-order valence-electron chi connectivity index (χ0n) is 10.2. The number of hydrogen-bond donors (Lipinski definition) is 0. The highest BCUT2D eigenvalue weighted by Gasteiger charge is 2.30. The van der Waals surface area contributed by atoms with Crippen molar-refractivity contribution < 1.29 is 19.6 Å². The maximum atomic E-state index is 6.04. The summed E-state index contributed by atoms with van der Waals surface area (Å²) in [7, 11) is 0. The van der Waals surface area contributed by atoms with Crippen LogP contribution in [-0.4, -0.2) is 0 Å². The normalized spacial score (nSPS) is 22.7. The summed E-state index contributed by atoms with van der Waals surface area (Å²) < 4.78 is 0. The maximum absolute atomic E-state index is 6.04. The summed E-state index contributed by atoms with van der Waals surface area (Å²) in [4.78, 5) is 20.7. The standard InChI is InChI=1S/C14H10Cl2O4/c15-11-7-3-1-5-9(11)13-17-19-14(20-18-13)10-6-2-4-8-12(10)16/h1-8,13-14H. The first-order valence-electron chi connectivity index (χ1n) is 5.89. The third-order valence-electron chi connectivity index (χ3n) is 2.78. The lowest BCUT2D eigenvalue weighted by atomic mass is 10.2. The molecule has 104 valence electrons. The Bertz CT molecular complexity index is 544. The van der Waals surface area contributed by atoms with Crippen LogP contribution in [0.5, 0.6) is 0 Å². The lowest BCUT2D eigenvalue weighted by Gasteiger charge is -2.27.